The maximum absolute atomic E-state index is 13.6. The van der Waals surface area contributed by atoms with Crippen LogP contribution in [0.15, 0.2) is 59.0 Å². The lowest BCUT2D eigenvalue weighted by atomic mass is 9.90. The predicted octanol–water partition coefficient (Wildman–Crippen LogP) is 3.99. The number of carbonyl (C=O) groups is 4. The Morgan fingerprint density at radius 1 is 1.00 bits per heavy atom. The molecule has 3 amide bonds. The van der Waals surface area contributed by atoms with Crippen molar-refractivity contribution in [2.24, 2.45) is 5.92 Å². The summed E-state index contributed by atoms with van der Waals surface area (Å²) in [7, 11) is -4.61. The maximum Gasteiger partial charge on any atom is 0.363 e. The number of hydrogen-bond acceptors (Lipinski definition) is 10. The van der Waals surface area contributed by atoms with Gasteiger partial charge in [0.15, 0.2) is 5.76 Å². The van der Waals surface area contributed by atoms with Crippen LogP contribution in [0.5, 0.6) is 5.75 Å². The number of amides is 3. The predicted molar refractivity (Wildman–Crippen MR) is 195 cm³/mol. The molecule has 4 rings (SSSR count). The van der Waals surface area contributed by atoms with E-state index in [4.69, 9.17) is 18.7 Å². The van der Waals surface area contributed by atoms with E-state index in [0.29, 0.717) is 44.4 Å². The third-order valence-corrected chi connectivity index (χ3v) is 9.75. The standard InChI is InChI=1S/C37H49N4O11P/c1-4-7-8-9-31(32(5-2)41(25-42)52-37(45)27-12-10-26(11-13-27)23-40-16-18-49-19-17-40)35(43)38-24-39-36(44)34-15-14-33(51-34)28-20-29(50-6-3)22-30(21-28)53(46,47)48/h10-15,20-22,25,31-32H,4-9,16-19,23-24H2,1-3H3,(H,38,43)(H,39,44)(H2,46,47,48)/t31-,32-/m1/s1. The molecule has 4 N–H and O–H groups in total. The van der Waals surface area contributed by atoms with Crippen LogP contribution in [0.25, 0.3) is 11.3 Å². The smallest absolute Gasteiger partial charge is 0.363 e. The van der Waals surface area contributed by atoms with E-state index in [0.717, 1.165) is 43.1 Å². The summed E-state index contributed by atoms with van der Waals surface area (Å²) in [6.45, 7) is 9.30. The zero-order valence-electron chi connectivity index (χ0n) is 30.3. The summed E-state index contributed by atoms with van der Waals surface area (Å²) in [5.74, 6) is -2.29. The quantitative estimate of drug-likeness (QED) is 0.0426. The summed E-state index contributed by atoms with van der Waals surface area (Å²) in [5.41, 5.74) is 1.58. The highest BCUT2D eigenvalue weighted by Gasteiger charge is 2.34. The first-order chi connectivity index (χ1) is 25.5. The van der Waals surface area contributed by atoms with Gasteiger partial charge in [-0.3, -0.25) is 23.8 Å². The molecule has 15 nitrogen and oxygen atoms in total. The monoisotopic (exact) mass is 756 g/mol. The van der Waals surface area contributed by atoms with Gasteiger partial charge in [0, 0.05) is 25.2 Å². The van der Waals surface area contributed by atoms with E-state index >= 15 is 0 Å². The Hall–Kier alpha value is -4.53. The highest BCUT2D eigenvalue weighted by molar-refractivity contribution is 7.60. The number of hydroxylamine groups is 2. The molecular weight excluding hydrogens is 707 g/mol. The van der Waals surface area contributed by atoms with Crippen LogP contribution in [0.1, 0.15) is 79.4 Å². The number of furan rings is 1. The highest BCUT2D eigenvalue weighted by atomic mass is 31.2. The molecule has 2 aromatic carbocycles. The highest BCUT2D eigenvalue weighted by Crippen LogP contribution is 2.37. The topological polar surface area (TPSA) is 197 Å². The largest absolute Gasteiger partial charge is 0.494 e. The molecule has 3 aromatic rings. The van der Waals surface area contributed by atoms with Crippen molar-refractivity contribution in [1.82, 2.24) is 20.6 Å². The summed E-state index contributed by atoms with van der Waals surface area (Å²) in [6.07, 6.45) is 3.55. The van der Waals surface area contributed by atoms with Gasteiger partial charge in [0.2, 0.25) is 12.3 Å². The van der Waals surface area contributed by atoms with Crippen LogP contribution in [0.3, 0.4) is 0 Å². The molecule has 1 aromatic heterocycles. The van der Waals surface area contributed by atoms with Crippen LogP contribution in [0, 0.1) is 5.92 Å². The van der Waals surface area contributed by atoms with Crippen LogP contribution in [0.4, 0.5) is 0 Å². The summed E-state index contributed by atoms with van der Waals surface area (Å²) in [5, 5.41) is 5.92. The zero-order chi connectivity index (χ0) is 38.4. The third kappa shape index (κ3) is 12.0. The van der Waals surface area contributed by atoms with E-state index in [1.165, 1.54) is 30.3 Å². The molecule has 1 fully saturated rings. The molecule has 0 radical (unpaired) electrons. The van der Waals surface area contributed by atoms with Gasteiger partial charge < -0.3 is 39.1 Å². The van der Waals surface area contributed by atoms with E-state index in [-0.39, 0.29) is 41.4 Å². The summed E-state index contributed by atoms with van der Waals surface area (Å²) < 4.78 is 28.5. The fourth-order valence-corrected chi connectivity index (χ4v) is 6.63. The molecule has 1 saturated heterocycles. The van der Waals surface area contributed by atoms with E-state index < -0.39 is 37.3 Å². The van der Waals surface area contributed by atoms with Crippen molar-refractivity contribution in [2.45, 2.75) is 65.5 Å². The molecule has 53 heavy (non-hydrogen) atoms. The molecule has 1 aliphatic heterocycles. The number of morpholine rings is 1. The van der Waals surface area contributed by atoms with Gasteiger partial charge in [-0.25, -0.2) is 4.79 Å². The van der Waals surface area contributed by atoms with Crippen molar-refractivity contribution < 1.29 is 52.3 Å². The van der Waals surface area contributed by atoms with E-state index in [2.05, 4.69) is 15.5 Å². The number of carbonyl (C=O) groups excluding carboxylic acids is 4. The van der Waals surface area contributed by atoms with Gasteiger partial charge in [-0.15, -0.1) is 0 Å². The Labute approximate surface area is 309 Å². The summed E-state index contributed by atoms with van der Waals surface area (Å²) in [6, 6.07) is 13.1. The number of unbranched alkanes of at least 4 members (excludes halogenated alkanes) is 2. The van der Waals surface area contributed by atoms with Crippen molar-refractivity contribution in [3.8, 4) is 17.1 Å². The van der Waals surface area contributed by atoms with Gasteiger partial charge in [0.25, 0.3) is 5.91 Å². The van der Waals surface area contributed by atoms with Crippen LogP contribution >= 0.6 is 7.60 Å². The Morgan fingerprint density at radius 3 is 2.38 bits per heavy atom. The molecule has 0 aliphatic carbocycles. The lowest BCUT2D eigenvalue weighted by Crippen LogP contribution is -2.49. The van der Waals surface area contributed by atoms with Crippen LogP contribution < -0.4 is 20.7 Å². The van der Waals surface area contributed by atoms with Gasteiger partial charge >= 0.3 is 13.6 Å². The molecule has 288 valence electrons. The first-order valence-electron chi connectivity index (χ1n) is 17.8. The first kappa shape index (κ1) is 41.2. The van der Waals surface area contributed by atoms with Crippen molar-refractivity contribution in [1.29, 1.82) is 0 Å². The molecule has 0 bridgehead atoms. The van der Waals surface area contributed by atoms with Gasteiger partial charge in [0.05, 0.1) is 49.3 Å². The second kappa shape index (κ2) is 20.1. The molecule has 2 atom stereocenters. The maximum atomic E-state index is 13.6. The van der Waals surface area contributed by atoms with Crippen LogP contribution in [-0.4, -0.2) is 89.6 Å². The zero-order valence-corrected chi connectivity index (χ0v) is 31.2. The lowest BCUT2D eigenvalue weighted by Gasteiger charge is -2.31. The van der Waals surface area contributed by atoms with Crippen molar-refractivity contribution in [3.05, 3.63) is 71.5 Å². The Balaban J connectivity index is 1.38. The lowest BCUT2D eigenvalue weighted by molar-refractivity contribution is -0.171. The summed E-state index contributed by atoms with van der Waals surface area (Å²) in [4.78, 5) is 79.1. The molecular formula is C37H49N4O11P. The van der Waals surface area contributed by atoms with E-state index in [1.54, 1.807) is 26.0 Å². The Bertz CT molecular complexity index is 1720. The SMILES string of the molecule is CCCCC[C@@H](C(=O)NCNC(=O)c1ccc(-c2cc(OCC)cc(P(=O)(O)O)c2)o1)[C@@H](CC)N(C=O)OC(=O)c1ccc(CN2CCOCC2)cc1. The van der Waals surface area contributed by atoms with Crippen LogP contribution in [0.2, 0.25) is 0 Å². The molecule has 0 spiro atoms. The van der Waals surface area contributed by atoms with Crippen molar-refractivity contribution in [3.63, 3.8) is 0 Å². The van der Waals surface area contributed by atoms with E-state index in [9.17, 15) is 33.5 Å². The average molecular weight is 757 g/mol. The van der Waals surface area contributed by atoms with Gasteiger partial charge in [-0.05, 0) is 67.8 Å². The normalized spacial score (nSPS) is 14.5. The Morgan fingerprint density at radius 2 is 1.74 bits per heavy atom. The van der Waals surface area contributed by atoms with Gasteiger partial charge in [-0.2, -0.15) is 5.06 Å². The average Bonchev–Trinajstić information content (AvgIpc) is 3.65. The number of benzene rings is 2. The number of nitrogens with one attached hydrogen (secondary N) is 2. The number of nitrogens with zero attached hydrogens (tertiary/aromatic N) is 2. The van der Waals surface area contributed by atoms with Gasteiger partial charge in [-0.1, -0.05) is 45.2 Å². The minimum Gasteiger partial charge on any atom is -0.494 e. The number of rotatable bonds is 20. The second-order valence-electron chi connectivity index (χ2n) is 12.6. The molecule has 16 heteroatoms. The summed E-state index contributed by atoms with van der Waals surface area (Å²) >= 11 is 0. The second-order valence-corrected chi connectivity index (χ2v) is 14.2. The molecule has 1 aliphatic rings. The number of hydrogen-bond donors (Lipinski definition) is 4. The van der Waals surface area contributed by atoms with E-state index in [1.807, 2.05) is 19.1 Å². The molecule has 0 saturated carbocycles. The molecule has 2 heterocycles. The number of ether oxygens (including phenoxy) is 2. The van der Waals surface area contributed by atoms with Crippen molar-refractivity contribution >= 4 is 37.1 Å². The minimum atomic E-state index is -4.61. The molecule has 0 unspecified atom stereocenters. The van der Waals surface area contributed by atoms with Gasteiger partial charge in [0.1, 0.15) is 11.5 Å². The van der Waals surface area contributed by atoms with Crippen molar-refractivity contribution in [2.75, 3.05) is 39.6 Å². The fraction of sp³-hybridized carbons (Fsp3) is 0.459. The van der Waals surface area contributed by atoms with Crippen LogP contribution in [-0.2, 0) is 30.3 Å². The fourth-order valence-electron chi connectivity index (χ4n) is 6.02. The first-order valence-corrected chi connectivity index (χ1v) is 19.4. The minimum absolute atomic E-state index is 0.104. The third-order valence-electron chi connectivity index (χ3n) is 8.82. The Kier molecular flexibility index (Phi) is 15.6.